The Balaban J connectivity index is 1.86. The molecule has 0 bridgehead atoms. The first-order valence-corrected chi connectivity index (χ1v) is 6.54. The van der Waals surface area contributed by atoms with Crippen molar-refractivity contribution in [2.24, 2.45) is 0 Å². The Morgan fingerprint density at radius 3 is 3.00 bits per heavy atom. The van der Waals surface area contributed by atoms with E-state index in [0.29, 0.717) is 26.1 Å². The third-order valence-corrected chi connectivity index (χ3v) is 3.42. The number of carbonyl (C=O) groups is 1. The summed E-state index contributed by atoms with van der Waals surface area (Å²) in [5.41, 5.74) is -0.818. The van der Waals surface area contributed by atoms with Crippen LogP contribution in [0.3, 0.4) is 0 Å². The fourth-order valence-corrected chi connectivity index (χ4v) is 2.38. The van der Waals surface area contributed by atoms with Crippen molar-refractivity contribution in [3.05, 3.63) is 22.6 Å². The Bertz CT molecular complexity index is 511. The van der Waals surface area contributed by atoms with Crippen LogP contribution in [0.5, 0.6) is 0 Å². The van der Waals surface area contributed by atoms with E-state index in [1.54, 1.807) is 11.8 Å². The molecule has 0 saturated carbocycles. The molecule has 2 heterocycles. The Kier molecular flexibility index (Phi) is 4.03. The number of aryl methyl sites for hydroxylation is 1. The first-order chi connectivity index (χ1) is 9.37. The fourth-order valence-electron chi connectivity index (χ4n) is 2.38. The summed E-state index contributed by atoms with van der Waals surface area (Å²) < 4.78 is 1.53. The Morgan fingerprint density at radius 1 is 1.65 bits per heavy atom. The molecule has 1 unspecified atom stereocenters. The zero-order valence-corrected chi connectivity index (χ0v) is 11.4. The van der Waals surface area contributed by atoms with Gasteiger partial charge in [0, 0.05) is 26.1 Å². The van der Waals surface area contributed by atoms with Gasteiger partial charge in [0.2, 0.25) is 12.2 Å². The van der Waals surface area contributed by atoms with Crippen molar-refractivity contribution in [1.29, 1.82) is 0 Å². The number of carbonyl (C=O) groups excluding carboxylic acids is 1. The van der Waals surface area contributed by atoms with Crippen molar-refractivity contribution >= 4 is 11.7 Å². The van der Waals surface area contributed by atoms with E-state index in [4.69, 9.17) is 0 Å². The van der Waals surface area contributed by atoms with Gasteiger partial charge in [0.05, 0.1) is 5.60 Å². The van der Waals surface area contributed by atoms with Crippen LogP contribution in [0, 0.1) is 10.1 Å². The molecule has 1 N–H and O–H groups in total. The van der Waals surface area contributed by atoms with Crippen LogP contribution in [0.25, 0.3) is 0 Å². The van der Waals surface area contributed by atoms with Crippen molar-refractivity contribution in [3.63, 3.8) is 0 Å². The normalized spacial score (nSPS) is 22.8. The monoisotopic (exact) mass is 282 g/mol. The highest BCUT2D eigenvalue weighted by atomic mass is 16.6. The van der Waals surface area contributed by atoms with E-state index in [-0.39, 0.29) is 18.1 Å². The number of imidazole rings is 1. The van der Waals surface area contributed by atoms with Gasteiger partial charge in [-0.2, -0.15) is 0 Å². The summed E-state index contributed by atoms with van der Waals surface area (Å²) in [6.45, 7) is 3.07. The summed E-state index contributed by atoms with van der Waals surface area (Å²) in [5.74, 6) is -0.278. The minimum atomic E-state index is -0.818. The molecule has 1 aromatic heterocycles. The molecule has 1 aliphatic rings. The van der Waals surface area contributed by atoms with Crippen LogP contribution in [-0.2, 0) is 11.3 Å². The molecule has 20 heavy (non-hydrogen) atoms. The zero-order chi connectivity index (χ0) is 14.8. The summed E-state index contributed by atoms with van der Waals surface area (Å²) in [5, 5.41) is 20.5. The highest BCUT2D eigenvalue weighted by Gasteiger charge is 2.30. The van der Waals surface area contributed by atoms with Gasteiger partial charge < -0.3 is 24.7 Å². The topological polar surface area (TPSA) is 102 Å². The average Bonchev–Trinajstić information content (AvgIpc) is 2.83. The van der Waals surface area contributed by atoms with Crippen molar-refractivity contribution in [3.8, 4) is 0 Å². The predicted molar refractivity (Wildman–Crippen MR) is 69.9 cm³/mol. The summed E-state index contributed by atoms with van der Waals surface area (Å²) in [6, 6.07) is 0. The molecule has 2 rings (SSSR count). The van der Waals surface area contributed by atoms with Gasteiger partial charge in [0.1, 0.15) is 6.20 Å². The van der Waals surface area contributed by atoms with Crippen LogP contribution in [0.1, 0.15) is 26.2 Å². The van der Waals surface area contributed by atoms with Crippen LogP contribution < -0.4 is 0 Å². The number of nitro groups is 1. The number of hydrogen-bond acceptors (Lipinski definition) is 5. The molecule has 110 valence electrons. The van der Waals surface area contributed by atoms with E-state index in [1.165, 1.54) is 17.1 Å². The van der Waals surface area contributed by atoms with Gasteiger partial charge in [0.25, 0.3) is 0 Å². The molecule has 1 fully saturated rings. The fraction of sp³-hybridized carbons (Fsp3) is 0.667. The Morgan fingerprint density at radius 2 is 2.40 bits per heavy atom. The first-order valence-electron chi connectivity index (χ1n) is 6.54. The molecule has 0 aromatic carbocycles. The van der Waals surface area contributed by atoms with Crippen molar-refractivity contribution in [1.82, 2.24) is 14.5 Å². The van der Waals surface area contributed by atoms with Gasteiger partial charge in [-0.15, -0.1) is 0 Å². The molecule has 1 aliphatic heterocycles. The van der Waals surface area contributed by atoms with Crippen molar-refractivity contribution in [2.45, 2.75) is 38.3 Å². The third kappa shape index (κ3) is 3.53. The average molecular weight is 282 g/mol. The molecular weight excluding hydrogens is 264 g/mol. The van der Waals surface area contributed by atoms with Crippen LogP contribution in [0.4, 0.5) is 5.82 Å². The van der Waals surface area contributed by atoms with Crippen molar-refractivity contribution < 1.29 is 14.8 Å². The number of amides is 1. The van der Waals surface area contributed by atoms with E-state index in [0.717, 1.165) is 6.42 Å². The second-order valence-electron chi connectivity index (χ2n) is 5.39. The molecule has 8 heteroatoms. The summed E-state index contributed by atoms with van der Waals surface area (Å²) >= 11 is 0. The smallest absolute Gasteiger partial charge is 0.381 e. The molecule has 8 nitrogen and oxygen atoms in total. The first kappa shape index (κ1) is 14.4. The van der Waals surface area contributed by atoms with Gasteiger partial charge >= 0.3 is 5.82 Å². The SMILES string of the molecule is CC1(O)CCCN(C(=O)CCn2cnc([N+](=O)[O-])c2)C1. The maximum atomic E-state index is 12.0. The molecule has 1 aromatic rings. The number of rotatable bonds is 4. The zero-order valence-electron chi connectivity index (χ0n) is 11.4. The minimum Gasteiger partial charge on any atom is -0.388 e. The summed E-state index contributed by atoms with van der Waals surface area (Å²) in [6.07, 6.45) is 4.38. The maximum absolute atomic E-state index is 12.0. The molecule has 0 aliphatic carbocycles. The van der Waals surface area contributed by atoms with E-state index < -0.39 is 10.5 Å². The van der Waals surface area contributed by atoms with Gasteiger partial charge in [-0.05, 0) is 29.7 Å². The highest BCUT2D eigenvalue weighted by Crippen LogP contribution is 2.20. The van der Waals surface area contributed by atoms with Crippen LogP contribution in [-0.4, -0.2) is 49.1 Å². The summed E-state index contributed by atoms with van der Waals surface area (Å²) in [4.78, 5) is 27.3. The molecular formula is C12H18N4O4. The van der Waals surface area contributed by atoms with Crippen molar-refractivity contribution in [2.75, 3.05) is 13.1 Å². The predicted octanol–water partition coefficient (Wildman–Crippen LogP) is 0.555. The van der Waals surface area contributed by atoms with Crippen LogP contribution in [0.15, 0.2) is 12.5 Å². The Labute approximate surface area is 116 Å². The number of piperidine rings is 1. The second-order valence-corrected chi connectivity index (χ2v) is 5.39. The van der Waals surface area contributed by atoms with Gasteiger partial charge in [-0.1, -0.05) is 0 Å². The second kappa shape index (κ2) is 5.58. The molecule has 1 atom stereocenters. The van der Waals surface area contributed by atoms with Crippen LogP contribution >= 0.6 is 0 Å². The summed E-state index contributed by atoms with van der Waals surface area (Å²) in [7, 11) is 0. The van der Waals surface area contributed by atoms with Gasteiger partial charge in [-0.25, -0.2) is 0 Å². The standard InChI is InChI=1S/C12H18N4O4/c1-12(18)4-2-5-15(8-12)11(17)3-6-14-7-10(13-9-14)16(19)20/h7,9,18H,2-6,8H2,1H3. The number of likely N-dealkylation sites (tertiary alicyclic amines) is 1. The van der Waals surface area contributed by atoms with E-state index in [2.05, 4.69) is 4.98 Å². The number of β-amino-alcohol motifs (C(OH)–C–C–N with tert-alkyl or cyclic N) is 1. The van der Waals surface area contributed by atoms with E-state index in [1.807, 2.05) is 0 Å². The highest BCUT2D eigenvalue weighted by molar-refractivity contribution is 5.76. The molecule has 0 radical (unpaired) electrons. The Hall–Kier alpha value is -1.96. The van der Waals surface area contributed by atoms with Gasteiger partial charge in [0.15, 0.2) is 0 Å². The molecule has 1 saturated heterocycles. The van der Waals surface area contributed by atoms with E-state index in [9.17, 15) is 20.0 Å². The number of aliphatic hydroxyl groups is 1. The lowest BCUT2D eigenvalue weighted by Gasteiger charge is -2.36. The van der Waals surface area contributed by atoms with E-state index >= 15 is 0 Å². The van der Waals surface area contributed by atoms with Gasteiger partial charge in [-0.3, -0.25) is 4.79 Å². The largest absolute Gasteiger partial charge is 0.388 e. The quantitative estimate of drug-likeness (QED) is 0.642. The lowest BCUT2D eigenvalue weighted by molar-refractivity contribution is -0.389. The number of aromatic nitrogens is 2. The lowest BCUT2D eigenvalue weighted by atomic mass is 9.95. The minimum absolute atomic E-state index is 0.0543. The lowest BCUT2D eigenvalue weighted by Crippen LogP contribution is -2.48. The van der Waals surface area contributed by atoms with Crippen LogP contribution in [0.2, 0.25) is 0 Å². The third-order valence-electron chi connectivity index (χ3n) is 3.42. The number of hydrogen-bond donors (Lipinski definition) is 1. The molecule has 0 spiro atoms. The molecule has 1 amide bonds. The number of nitrogens with zero attached hydrogens (tertiary/aromatic N) is 4. The maximum Gasteiger partial charge on any atom is 0.381 e.